The summed E-state index contributed by atoms with van der Waals surface area (Å²) in [6, 6.07) is 4.77. The van der Waals surface area contributed by atoms with Crippen molar-refractivity contribution in [1.29, 1.82) is 0 Å². The van der Waals surface area contributed by atoms with Gasteiger partial charge in [0.2, 0.25) is 0 Å². The van der Waals surface area contributed by atoms with Crippen molar-refractivity contribution in [2.75, 3.05) is 0 Å². The van der Waals surface area contributed by atoms with Gasteiger partial charge in [0, 0.05) is 11.3 Å². The third kappa shape index (κ3) is 1.97. The fraction of sp³-hybridized carbons (Fsp3) is 0.357. The minimum atomic E-state index is -0.503. The minimum absolute atomic E-state index is 0.0879. The van der Waals surface area contributed by atoms with Gasteiger partial charge >= 0.3 is 0 Å². The Kier molecular flexibility index (Phi) is 3.01. The zero-order valence-electron chi connectivity index (χ0n) is 10.2. The molecule has 0 spiro atoms. The Morgan fingerprint density at radius 3 is 2.82 bits per heavy atom. The lowest BCUT2D eigenvalue weighted by atomic mass is 9.95. The van der Waals surface area contributed by atoms with Crippen LogP contribution in [-0.2, 0) is 0 Å². The van der Waals surface area contributed by atoms with Crippen LogP contribution in [0.25, 0.3) is 11.0 Å². The van der Waals surface area contributed by atoms with Crippen LogP contribution in [0.2, 0.25) is 0 Å². The molecule has 0 saturated heterocycles. The summed E-state index contributed by atoms with van der Waals surface area (Å²) < 4.78 is 19.2. The second-order valence-corrected chi connectivity index (χ2v) is 4.37. The molecule has 3 heteroatoms. The minimum Gasteiger partial charge on any atom is -0.460 e. The quantitative estimate of drug-likeness (QED) is 0.748. The maximum atomic E-state index is 13.8. The van der Waals surface area contributed by atoms with Gasteiger partial charge in [-0.25, -0.2) is 4.39 Å². The first kappa shape index (κ1) is 11.8. The van der Waals surface area contributed by atoms with E-state index in [-0.39, 0.29) is 17.3 Å². The van der Waals surface area contributed by atoms with Gasteiger partial charge in [0.1, 0.15) is 17.2 Å². The van der Waals surface area contributed by atoms with E-state index in [1.807, 2.05) is 13.0 Å². The number of carbonyl (C=O) groups is 1. The first-order valence-electron chi connectivity index (χ1n) is 5.77. The lowest BCUT2D eigenvalue weighted by Crippen LogP contribution is -2.12. The fourth-order valence-corrected chi connectivity index (χ4v) is 1.87. The summed E-state index contributed by atoms with van der Waals surface area (Å²) in [5, 5.41) is 0.774. The lowest BCUT2D eigenvalue weighted by Gasteiger charge is -2.08. The Morgan fingerprint density at radius 1 is 1.47 bits per heavy atom. The molecule has 17 heavy (non-hydrogen) atoms. The van der Waals surface area contributed by atoms with Gasteiger partial charge in [0.05, 0.1) is 5.56 Å². The zero-order chi connectivity index (χ0) is 12.6. The first-order chi connectivity index (χ1) is 8.04. The molecule has 2 nitrogen and oxygen atoms in total. The van der Waals surface area contributed by atoms with Gasteiger partial charge in [-0.3, -0.25) is 4.79 Å². The van der Waals surface area contributed by atoms with Crippen LogP contribution < -0.4 is 0 Å². The van der Waals surface area contributed by atoms with E-state index in [1.165, 1.54) is 6.07 Å². The molecule has 2 aromatic rings. The average Bonchev–Trinajstić information content (AvgIpc) is 2.67. The van der Waals surface area contributed by atoms with Crippen LogP contribution in [-0.4, -0.2) is 5.78 Å². The molecule has 1 unspecified atom stereocenters. The molecule has 0 amide bonds. The summed E-state index contributed by atoms with van der Waals surface area (Å²) in [6.07, 6.45) is 0.689. The molecule has 1 atom stereocenters. The third-order valence-corrected chi connectivity index (χ3v) is 3.07. The topological polar surface area (TPSA) is 30.2 Å². The van der Waals surface area contributed by atoms with Crippen molar-refractivity contribution in [2.45, 2.75) is 27.2 Å². The summed E-state index contributed by atoms with van der Waals surface area (Å²) >= 11 is 0. The van der Waals surface area contributed by atoms with E-state index in [0.29, 0.717) is 17.8 Å². The van der Waals surface area contributed by atoms with Crippen molar-refractivity contribution in [3.8, 4) is 0 Å². The Labute approximate surface area is 99.4 Å². The van der Waals surface area contributed by atoms with Crippen molar-refractivity contribution < 1.29 is 13.6 Å². The van der Waals surface area contributed by atoms with Crippen molar-refractivity contribution in [3.63, 3.8) is 0 Å². The van der Waals surface area contributed by atoms with Crippen LogP contribution in [0.5, 0.6) is 0 Å². The highest BCUT2D eigenvalue weighted by Gasteiger charge is 2.22. The Morgan fingerprint density at radius 2 is 2.18 bits per heavy atom. The molecular formula is C14H15FO2. The maximum Gasteiger partial charge on any atom is 0.172 e. The lowest BCUT2D eigenvalue weighted by molar-refractivity contribution is 0.0924. The summed E-state index contributed by atoms with van der Waals surface area (Å²) in [7, 11) is 0. The average molecular weight is 234 g/mol. The van der Waals surface area contributed by atoms with Crippen molar-refractivity contribution >= 4 is 16.8 Å². The molecule has 0 fully saturated rings. The number of halogens is 1. The summed E-state index contributed by atoms with van der Waals surface area (Å²) in [5.74, 6) is -0.202. The number of fused-ring (bicyclic) bond motifs is 1. The highest BCUT2D eigenvalue weighted by atomic mass is 19.1. The SMILES string of the molecule is CCC(C)C(=O)c1c(F)ccc2cc(C)oc12. The third-order valence-electron chi connectivity index (χ3n) is 3.07. The van der Waals surface area contributed by atoms with Gasteiger partial charge in [0.15, 0.2) is 5.78 Å². The van der Waals surface area contributed by atoms with E-state index < -0.39 is 5.82 Å². The van der Waals surface area contributed by atoms with Gasteiger partial charge < -0.3 is 4.42 Å². The van der Waals surface area contributed by atoms with Crippen LogP contribution in [0.15, 0.2) is 22.6 Å². The second kappa shape index (κ2) is 4.32. The fourth-order valence-electron chi connectivity index (χ4n) is 1.87. The van der Waals surface area contributed by atoms with E-state index in [1.54, 1.807) is 19.9 Å². The van der Waals surface area contributed by atoms with Gasteiger partial charge in [0.25, 0.3) is 0 Å². The molecule has 1 heterocycles. The Hall–Kier alpha value is -1.64. The molecule has 0 saturated carbocycles. The van der Waals surface area contributed by atoms with Crippen molar-refractivity contribution in [3.05, 3.63) is 35.3 Å². The number of hydrogen-bond acceptors (Lipinski definition) is 2. The van der Waals surface area contributed by atoms with Gasteiger partial charge in [-0.05, 0) is 31.5 Å². The number of benzene rings is 1. The van der Waals surface area contributed by atoms with Crippen LogP contribution in [0.3, 0.4) is 0 Å². The number of carbonyl (C=O) groups excluding carboxylic acids is 1. The van der Waals surface area contributed by atoms with Crippen LogP contribution >= 0.6 is 0 Å². The van der Waals surface area contributed by atoms with E-state index in [4.69, 9.17) is 4.42 Å². The van der Waals surface area contributed by atoms with Crippen molar-refractivity contribution in [2.24, 2.45) is 5.92 Å². The number of Topliss-reactive ketones (excluding diaryl/α,β-unsaturated/α-hetero) is 1. The number of furan rings is 1. The normalized spacial score (nSPS) is 12.9. The highest BCUT2D eigenvalue weighted by Crippen LogP contribution is 2.27. The standard InChI is InChI=1S/C14H15FO2/c1-4-8(2)13(16)12-11(15)6-5-10-7-9(3)17-14(10)12/h5-8H,4H2,1-3H3. The van der Waals surface area contributed by atoms with Crippen LogP contribution in [0.1, 0.15) is 36.4 Å². The first-order valence-corrected chi connectivity index (χ1v) is 5.77. The second-order valence-electron chi connectivity index (χ2n) is 4.37. The van der Waals surface area contributed by atoms with E-state index in [9.17, 15) is 9.18 Å². The van der Waals surface area contributed by atoms with Gasteiger partial charge in [-0.2, -0.15) is 0 Å². The summed E-state index contributed by atoms with van der Waals surface area (Å²) in [6.45, 7) is 5.50. The van der Waals surface area contributed by atoms with E-state index in [2.05, 4.69) is 0 Å². The van der Waals surface area contributed by atoms with Gasteiger partial charge in [-0.1, -0.05) is 13.8 Å². The molecule has 90 valence electrons. The maximum absolute atomic E-state index is 13.8. The molecule has 0 bridgehead atoms. The van der Waals surface area contributed by atoms with Crippen LogP contribution in [0.4, 0.5) is 4.39 Å². The molecule has 0 aliphatic rings. The molecule has 1 aromatic heterocycles. The predicted molar refractivity (Wildman–Crippen MR) is 64.7 cm³/mol. The molecule has 0 radical (unpaired) electrons. The Balaban J connectivity index is 2.66. The number of rotatable bonds is 3. The monoisotopic (exact) mass is 234 g/mol. The van der Waals surface area contributed by atoms with Crippen molar-refractivity contribution in [1.82, 2.24) is 0 Å². The number of aryl methyl sites for hydroxylation is 1. The van der Waals surface area contributed by atoms with E-state index in [0.717, 1.165) is 5.39 Å². The summed E-state index contributed by atoms with van der Waals surface area (Å²) in [5.41, 5.74) is 0.456. The molecule has 1 aromatic carbocycles. The Bertz CT molecular complexity index is 569. The molecule has 0 aliphatic carbocycles. The molecule has 0 aliphatic heterocycles. The van der Waals surface area contributed by atoms with Crippen LogP contribution in [0, 0.1) is 18.7 Å². The zero-order valence-corrected chi connectivity index (χ0v) is 10.2. The predicted octanol–water partition coefficient (Wildman–Crippen LogP) is 4.11. The number of hydrogen-bond donors (Lipinski definition) is 0. The smallest absolute Gasteiger partial charge is 0.172 e. The largest absolute Gasteiger partial charge is 0.460 e. The molecular weight excluding hydrogens is 219 g/mol. The molecule has 0 N–H and O–H groups in total. The summed E-state index contributed by atoms with van der Waals surface area (Å²) in [4.78, 5) is 12.1. The van der Waals surface area contributed by atoms with Gasteiger partial charge in [-0.15, -0.1) is 0 Å². The highest BCUT2D eigenvalue weighted by molar-refractivity contribution is 6.07. The molecule has 2 rings (SSSR count). The number of ketones is 1. The van der Waals surface area contributed by atoms with E-state index >= 15 is 0 Å².